The van der Waals surface area contributed by atoms with Crippen LogP contribution in [-0.2, 0) is 9.84 Å². The molecule has 3 aromatic rings. The average molecular weight is 376 g/mol. The number of nitrogens with zero attached hydrogens (tertiary/aromatic N) is 2. The van der Waals surface area contributed by atoms with E-state index in [2.05, 4.69) is 15.3 Å². The number of hydrogen-bond acceptors (Lipinski definition) is 5. The maximum absolute atomic E-state index is 12.6. The van der Waals surface area contributed by atoms with E-state index in [-0.39, 0.29) is 16.5 Å². The largest absolute Gasteiger partial charge is 0.320 e. The summed E-state index contributed by atoms with van der Waals surface area (Å²) in [7, 11) is -3.64. The fraction of sp³-hybridized carbons (Fsp3) is 0.118. The van der Waals surface area contributed by atoms with Crippen molar-refractivity contribution < 1.29 is 13.2 Å². The summed E-state index contributed by atoms with van der Waals surface area (Å²) in [4.78, 5) is 20.1. The molecule has 0 radical (unpaired) electrons. The van der Waals surface area contributed by atoms with Crippen LogP contribution in [0, 0.1) is 0 Å². The Bertz CT molecular complexity index is 1060. The van der Waals surface area contributed by atoms with E-state index >= 15 is 0 Å². The zero-order valence-corrected chi connectivity index (χ0v) is 14.8. The third kappa shape index (κ3) is 3.47. The number of anilines is 1. The molecule has 0 aliphatic rings. The molecule has 2 aromatic carbocycles. The van der Waals surface area contributed by atoms with Gasteiger partial charge in [-0.3, -0.25) is 4.79 Å². The third-order valence-corrected chi connectivity index (χ3v) is 5.42. The van der Waals surface area contributed by atoms with Gasteiger partial charge in [0.05, 0.1) is 17.0 Å². The second-order valence-corrected chi connectivity index (χ2v) is 7.81. The predicted molar refractivity (Wildman–Crippen MR) is 96.7 cm³/mol. The van der Waals surface area contributed by atoms with Crippen LogP contribution in [0.15, 0.2) is 53.8 Å². The number of carbonyl (C=O) groups excluding carboxylic acids is 1. The van der Waals surface area contributed by atoms with Crippen LogP contribution in [0.5, 0.6) is 0 Å². The van der Waals surface area contributed by atoms with Crippen LogP contribution in [0.4, 0.5) is 5.69 Å². The molecule has 128 valence electrons. The summed E-state index contributed by atoms with van der Waals surface area (Å²) in [6.07, 6.45) is 1.12. The molecule has 8 heteroatoms. The van der Waals surface area contributed by atoms with Gasteiger partial charge >= 0.3 is 0 Å². The van der Waals surface area contributed by atoms with Gasteiger partial charge in [0.2, 0.25) is 15.0 Å². The lowest BCUT2D eigenvalue weighted by Gasteiger charge is -2.10. The van der Waals surface area contributed by atoms with Crippen LogP contribution < -0.4 is 5.32 Å². The van der Waals surface area contributed by atoms with Gasteiger partial charge in [0.15, 0.2) is 5.69 Å². The van der Waals surface area contributed by atoms with Crippen molar-refractivity contribution in [2.45, 2.75) is 12.1 Å². The molecule has 0 aliphatic heterocycles. The summed E-state index contributed by atoms with van der Waals surface area (Å²) in [6.45, 7) is 1.48. The fourth-order valence-electron chi connectivity index (χ4n) is 2.31. The predicted octanol–water partition coefficient (Wildman–Crippen LogP) is 3.33. The molecule has 3 rings (SSSR count). The molecule has 1 heterocycles. The summed E-state index contributed by atoms with van der Waals surface area (Å²) in [5, 5.41) is 4.11. The molecule has 0 fully saturated rings. The minimum Gasteiger partial charge on any atom is -0.320 e. The molecule has 25 heavy (non-hydrogen) atoms. The number of benzene rings is 2. The summed E-state index contributed by atoms with van der Waals surface area (Å²) >= 11 is 5.99. The minimum absolute atomic E-state index is 0.0206. The van der Waals surface area contributed by atoms with Crippen LogP contribution in [0.3, 0.4) is 0 Å². The molecular weight excluding hydrogens is 362 g/mol. The first-order valence-electron chi connectivity index (χ1n) is 7.47. The Morgan fingerprint density at radius 3 is 2.64 bits per heavy atom. The first kappa shape index (κ1) is 17.3. The van der Waals surface area contributed by atoms with E-state index < -0.39 is 20.9 Å². The monoisotopic (exact) mass is 375 g/mol. The van der Waals surface area contributed by atoms with E-state index in [4.69, 9.17) is 11.6 Å². The summed E-state index contributed by atoms with van der Waals surface area (Å²) in [6, 6.07) is 13.0. The number of halogens is 1. The van der Waals surface area contributed by atoms with Crippen molar-refractivity contribution in [3.63, 3.8) is 0 Å². The zero-order chi connectivity index (χ0) is 18.0. The number of rotatable bonds is 4. The highest BCUT2D eigenvalue weighted by Gasteiger charge is 2.21. The van der Waals surface area contributed by atoms with Crippen LogP contribution in [0.2, 0.25) is 5.02 Å². The Kier molecular flexibility index (Phi) is 4.69. The van der Waals surface area contributed by atoms with Gasteiger partial charge in [-0.15, -0.1) is 0 Å². The lowest BCUT2D eigenvalue weighted by molar-refractivity contribution is 0.102. The van der Waals surface area contributed by atoms with Crippen molar-refractivity contribution in [2.24, 2.45) is 0 Å². The van der Waals surface area contributed by atoms with Crippen molar-refractivity contribution in [1.29, 1.82) is 0 Å². The van der Waals surface area contributed by atoms with E-state index in [0.29, 0.717) is 5.69 Å². The first-order valence-corrected chi connectivity index (χ1v) is 9.50. The molecule has 1 aromatic heterocycles. The molecule has 0 unspecified atom stereocenters. The molecule has 0 atom stereocenters. The van der Waals surface area contributed by atoms with Crippen molar-refractivity contribution in [3.8, 4) is 0 Å². The van der Waals surface area contributed by atoms with Crippen LogP contribution >= 0.6 is 11.6 Å². The highest BCUT2D eigenvalue weighted by molar-refractivity contribution is 7.91. The van der Waals surface area contributed by atoms with Crippen molar-refractivity contribution in [2.75, 3.05) is 11.1 Å². The van der Waals surface area contributed by atoms with E-state index in [1.54, 1.807) is 6.07 Å². The molecule has 1 N–H and O–H groups in total. The van der Waals surface area contributed by atoms with Crippen LogP contribution in [-0.4, -0.2) is 30.0 Å². The Morgan fingerprint density at radius 2 is 1.88 bits per heavy atom. The van der Waals surface area contributed by atoms with E-state index in [1.807, 2.05) is 36.4 Å². The zero-order valence-electron chi connectivity index (χ0n) is 13.2. The topological polar surface area (TPSA) is 89.0 Å². The maximum Gasteiger partial charge on any atom is 0.276 e. The van der Waals surface area contributed by atoms with Crippen molar-refractivity contribution >= 4 is 43.8 Å². The lowest BCUT2D eigenvalue weighted by Crippen LogP contribution is -2.18. The molecule has 0 saturated heterocycles. The smallest absolute Gasteiger partial charge is 0.276 e. The number of hydrogen-bond donors (Lipinski definition) is 1. The normalized spacial score (nSPS) is 11.4. The number of nitrogens with one attached hydrogen (secondary N) is 1. The number of sulfone groups is 1. The minimum atomic E-state index is -3.64. The molecule has 0 saturated carbocycles. The van der Waals surface area contributed by atoms with Gasteiger partial charge in [-0.2, -0.15) is 0 Å². The Morgan fingerprint density at radius 1 is 1.16 bits per heavy atom. The van der Waals surface area contributed by atoms with Crippen molar-refractivity contribution in [3.05, 3.63) is 59.4 Å². The van der Waals surface area contributed by atoms with E-state index in [9.17, 15) is 13.2 Å². The Hall–Kier alpha value is -2.51. The number of fused-ring (bicyclic) bond motifs is 1. The molecule has 1 amide bonds. The molecule has 0 aliphatic carbocycles. The second-order valence-electron chi connectivity index (χ2n) is 5.23. The lowest BCUT2D eigenvalue weighted by atomic mass is 10.1. The fourth-order valence-corrected chi connectivity index (χ4v) is 3.18. The maximum atomic E-state index is 12.6. The highest BCUT2D eigenvalue weighted by atomic mass is 35.5. The second kappa shape index (κ2) is 6.78. The Balaban J connectivity index is 2.00. The van der Waals surface area contributed by atoms with Gasteiger partial charge in [0.25, 0.3) is 5.91 Å². The van der Waals surface area contributed by atoms with Crippen LogP contribution in [0.25, 0.3) is 10.8 Å². The van der Waals surface area contributed by atoms with Gasteiger partial charge in [-0.25, -0.2) is 18.4 Å². The molecule has 6 nitrogen and oxygen atoms in total. The quantitative estimate of drug-likeness (QED) is 0.706. The van der Waals surface area contributed by atoms with Gasteiger partial charge in [0, 0.05) is 11.1 Å². The van der Waals surface area contributed by atoms with Crippen molar-refractivity contribution in [1.82, 2.24) is 9.97 Å². The number of amides is 1. The van der Waals surface area contributed by atoms with Gasteiger partial charge in [-0.05, 0) is 11.5 Å². The average Bonchev–Trinajstić information content (AvgIpc) is 2.62. The standard InChI is InChI=1S/C17H14ClN3O3S/c1-2-25(23,24)17-19-10-13(18)15(21-17)16(22)20-14-9-5-7-11-6-3-4-8-12(11)14/h3-10H,2H2,1H3,(H,20,22). The molecule has 0 spiro atoms. The van der Waals surface area contributed by atoms with E-state index in [1.165, 1.54) is 6.92 Å². The molecular formula is C17H14ClN3O3S. The van der Waals surface area contributed by atoms with E-state index in [0.717, 1.165) is 17.0 Å². The summed E-state index contributed by atoms with van der Waals surface area (Å²) in [5.41, 5.74) is 0.398. The van der Waals surface area contributed by atoms with Gasteiger partial charge in [-0.1, -0.05) is 54.9 Å². The summed E-state index contributed by atoms with van der Waals surface area (Å²) < 4.78 is 23.8. The van der Waals surface area contributed by atoms with Gasteiger partial charge < -0.3 is 5.32 Å². The Labute approximate surface area is 149 Å². The number of aromatic nitrogens is 2. The number of carbonyl (C=O) groups is 1. The first-order chi connectivity index (χ1) is 11.9. The SMILES string of the molecule is CCS(=O)(=O)c1ncc(Cl)c(C(=O)Nc2cccc3ccccc23)n1. The summed E-state index contributed by atoms with van der Waals surface area (Å²) in [5.74, 6) is -0.768. The van der Waals surface area contributed by atoms with Gasteiger partial charge in [0.1, 0.15) is 0 Å². The molecule has 0 bridgehead atoms. The van der Waals surface area contributed by atoms with Crippen LogP contribution in [0.1, 0.15) is 17.4 Å². The third-order valence-electron chi connectivity index (χ3n) is 3.63. The highest BCUT2D eigenvalue weighted by Crippen LogP contribution is 2.24.